The fraction of sp³-hybridized carbons (Fsp3) is 0.409. The summed E-state index contributed by atoms with van der Waals surface area (Å²) in [7, 11) is 0. The minimum absolute atomic E-state index is 0.0314. The van der Waals surface area contributed by atoms with Crippen LogP contribution in [-0.4, -0.2) is 38.6 Å². The van der Waals surface area contributed by atoms with Crippen LogP contribution in [0.3, 0.4) is 0 Å². The third-order valence-corrected chi connectivity index (χ3v) is 5.70. The Bertz CT molecular complexity index is 800. The second kappa shape index (κ2) is 8.77. The van der Waals surface area contributed by atoms with E-state index < -0.39 is 0 Å². The Morgan fingerprint density at radius 3 is 2.56 bits per heavy atom. The highest BCUT2D eigenvalue weighted by Gasteiger charge is 2.23. The molecule has 1 aliphatic rings. The summed E-state index contributed by atoms with van der Waals surface area (Å²) < 4.78 is 0. The second-order valence-corrected chi connectivity index (χ2v) is 7.96. The maximum Gasteiger partial charge on any atom is 0.275 e. The Morgan fingerprint density at radius 1 is 1.15 bits per heavy atom. The number of carbonyl (C=O) groups is 1. The van der Waals surface area contributed by atoms with Gasteiger partial charge in [-0.15, -0.1) is 0 Å². The molecule has 1 aliphatic heterocycles. The molecule has 0 unspecified atom stereocenters. The van der Waals surface area contributed by atoms with Crippen molar-refractivity contribution in [2.45, 2.75) is 26.8 Å². The number of aryl methyl sites for hydroxylation is 2. The summed E-state index contributed by atoms with van der Waals surface area (Å²) in [5, 5.41) is 3.92. The van der Waals surface area contributed by atoms with E-state index in [0.29, 0.717) is 6.54 Å². The molecule has 2 N–H and O–H groups in total. The molecule has 0 spiro atoms. The molecule has 0 saturated carbocycles. The number of benzene rings is 2. The van der Waals surface area contributed by atoms with Gasteiger partial charge >= 0.3 is 0 Å². The van der Waals surface area contributed by atoms with E-state index in [9.17, 15) is 4.79 Å². The number of quaternary nitrogens is 1. The third-order valence-electron chi connectivity index (χ3n) is 5.46. The number of anilines is 1. The van der Waals surface area contributed by atoms with Crippen LogP contribution in [0.2, 0.25) is 5.02 Å². The number of piperazine rings is 1. The average Bonchev–Trinajstić information content (AvgIpc) is 2.64. The maximum absolute atomic E-state index is 12.5. The van der Waals surface area contributed by atoms with Gasteiger partial charge in [-0.25, -0.2) is 0 Å². The minimum atomic E-state index is 0.0314. The van der Waals surface area contributed by atoms with Crippen LogP contribution in [-0.2, 0) is 4.79 Å². The van der Waals surface area contributed by atoms with E-state index in [4.69, 9.17) is 11.6 Å². The van der Waals surface area contributed by atoms with Crippen LogP contribution in [0.1, 0.15) is 29.7 Å². The van der Waals surface area contributed by atoms with Gasteiger partial charge in [0.1, 0.15) is 0 Å². The fourth-order valence-corrected chi connectivity index (χ4v) is 3.75. The lowest BCUT2D eigenvalue weighted by molar-refractivity contribution is -0.892. The standard InChI is InChI=1S/C22H28ClN3O/c1-16-7-8-19(13-17(16)2)18(3)24-22(27)15-25-9-11-26(12-10-25)21-6-4-5-20(23)14-21/h4-8,13-14,18H,9-12,15H2,1-3H3,(H,24,27)/p+1/t18-/m0/s1. The second-order valence-electron chi connectivity index (χ2n) is 7.53. The third kappa shape index (κ3) is 5.24. The highest BCUT2D eigenvalue weighted by Crippen LogP contribution is 2.19. The number of carbonyl (C=O) groups excluding carboxylic acids is 1. The van der Waals surface area contributed by atoms with E-state index in [1.54, 1.807) is 0 Å². The molecule has 144 valence electrons. The normalized spacial score (nSPS) is 16.2. The molecule has 4 nitrogen and oxygen atoms in total. The lowest BCUT2D eigenvalue weighted by Crippen LogP contribution is -3.15. The Morgan fingerprint density at radius 2 is 1.89 bits per heavy atom. The molecule has 1 heterocycles. The van der Waals surface area contributed by atoms with Gasteiger partial charge in [0.15, 0.2) is 6.54 Å². The summed E-state index contributed by atoms with van der Waals surface area (Å²) in [6.45, 7) is 10.6. The van der Waals surface area contributed by atoms with Gasteiger partial charge in [-0.3, -0.25) is 4.79 Å². The molecule has 0 radical (unpaired) electrons. The van der Waals surface area contributed by atoms with Gasteiger partial charge in [0.2, 0.25) is 0 Å². The first-order chi connectivity index (χ1) is 12.9. The predicted molar refractivity (Wildman–Crippen MR) is 112 cm³/mol. The number of halogens is 1. The van der Waals surface area contributed by atoms with E-state index >= 15 is 0 Å². The fourth-order valence-electron chi connectivity index (χ4n) is 3.57. The Kier molecular flexibility index (Phi) is 6.40. The topological polar surface area (TPSA) is 36.8 Å². The summed E-state index contributed by atoms with van der Waals surface area (Å²) >= 11 is 6.09. The van der Waals surface area contributed by atoms with Crippen molar-refractivity contribution in [2.24, 2.45) is 0 Å². The number of rotatable bonds is 5. The van der Waals surface area contributed by atoms with Gasteiger partial charge in [-0.1, -0.05) is 35.9 Å². The lowest BCUT2D eigenvalue weighted by atomic mass is 10.0. The Labute approximate surface area is 167 Å². The molecule has 0 aromatic heterocycles. The van der Waals surface area contributed by atoms with Crippen molar-refractivity contribution in [3.05, 3.63) is 64.2 Å². The molecule has 0 aliphatic carbocycles. The molecule has 1 saturated heterocycles. The summed E-state index contributed by atoms with van der Waals surface area (Å²) in [5.41, 5.74) is 4.86. The van der Waals surface area contributed by atoms with Crippen molar-refractivity contribution in [3.63, 3.8) is 0 Å². The first-order valence-corrected chi connectivity index (χ1v) is 10.0. The highest BCUT2D eigenvalue weighted by molar-refractivity contribution is 6.30. The first kappa shape index (κ1) is 19.7. The zero-order chi connectivity index (χ0) is 19.4. The lowest BCUT2D eigenvalue weighted by Gasteiger charge is -2.33. The van der Waals surface area contributed by atoms with Crippen molar-refractivity contribution in [1.29, 1.82) is 0 Å². The molecule has 3 rings (SSSR count). The van der Waals surface area contributed by atoms with Gasteiger partial charge in [0.25, 0.3) is 5.91 Å². The molecule has 5 heteroatoms. The van der Waals surface area contributed by atoms with E-state index in [1.807, 2.05) is 18.2 Å². The number of nitrogens with one attached hydrogen (secondary N) is 2. The van der Waals surface area contributed by atoms with Gasteiger partial charge in [0, 0.05) is 10.7 Å². The molecule has 1 atom stereocenters. The van der Waals surface area contributed by atoms with Crippen LogP contribution >= 0.6 is 11.6 Å². The van der Waals surface area contributed by atoms with Crippen molar-refractivity contribution in [3.8, 4) is 0 Å². The molecular formula is C22H29ClN3O+. The summed E-state index contributed by atoms with van der Waals surface area (Å²) in [6.07, 6.45) is 0. The predicted octanol–water partition coefficient (Wildman–Crippen LogP) is 2.54. The van der Waals surface area contributed by atoms with E-state index in [2.05, 4.69) is 55.3 Å². The molecule has 0 bridgehead atoms. The molecule has 1 fully saturated rings. The number of hydrogen-bond donors (Lipinski definition) is 2. The minimum Gasteiger partial charge on any atom is -0.360 e. The van der Waals surface area contributed by atoms with Crippen LogP contribution in [0.5, 0.6) is 0 Å². The van der Waals surface area contributed by atoms with Gasteiger partial charge in [-0.05, 0) is 55.7 Å². The zero-order valence-corrected chi connectivity index (χ0v) is 17.1. The van der Waals surface area contributed by atoms with Gasteiger partial charge in [-0.2, -0.15) is 0 Å². The number of nitrogens with zero attached hydrogens (tertiary/aromatic N) is 1. The van der Waals surface area contributed by atoms with Crippen LogP contribution < -0.4 is 15.1 Å². The molecule has 2 aromatic carbocycles. The molecule has 2 aromatic rings. The quantitative estimate of drug-likeness (QED) is 0.828. The zero-order valence-electron chi connectivity index (χ0n) is 16.4. The first-order valence-electron chi connectivity index (χ1n) is 9.63. The average molecular weight is 387 g/mol. The SMILES string of the molecule is Cc1ccc([C@H](C)NC(=O)C[NH+]2CCN(c3cccc(Cl)c3)CC2)cc1C. The highest BCUT2D eigenvalue weighted by atomic mass is 35.5. The van der Waals surface area contributed by atoms with Crippen molar-refractivity contribution in [2.75, 3.05) is 37.6 Å². The maximum atomic E-state index is 12.5. The molecular weight excluding hydrogens is 358 g/mol. The van der Waals surface area contributed by atoms with E-state index in [-0.39, 0.29) is 11.9 Å². The Hall–Kier alpha value is -2.04. The van der Waals surface area contributed by atoms with E-state index in [1.165, 1.54) is 16.0 Å². The van der Waals surface area contributed by atoms with Crippen LogP contribution in [0.4, 0.5) is 5.69 Å². The van der Waals surface area contributed by atoms with Gasteiger partial charge in [0.05, 0.1) is 32.2 Å². The smallest absolute Gasteiger partial charge is 0.275 e. The Balaban J connectivity index is 1.48. The summed E-state index contributed by atoms with van der Waals surface area (Å²) in [4.78, 5) is 16.1. The largest absolute Gasteiger partial charge is 0.360 e. The summed E-state index contributed by atoms with van der Waals surface area (Å²) in [6, 6.07) is 14.4. The van der Waals surface area contributed by atoms with Crippen molar-refractivity contribution in [1.82, 2.24) is 5.32 Å². The summed E-state index contributed by atoms with van der Waals surface area (Å²) in [5.74, 6) is 0.118. The van der Waals surface area contributed by atoms with Crippen LogP contribution in [0.15, 0.2) is 42.5 Å². The van der Waals surface area contributed by atoms with Crippen LogP contribution in [0, 0.1) is 13.8 Å². The van der Waals surface area contributed by atoms with E-state index in [0.717, 1.165) is 42.5 Å². The molecule has 1 amide bonds. The number of hydrogen-bond acceptors (Lipinski definition) is 2. The number of amides is 1. The van der Waals surface area contributed by atoms with Crippen LogP contribution in [0.25, 0.3) is 0 Å². The van der Waals surface area contributed by atoms with Crippen molar-refractivity contribution < 1.29 is 9.69 Å². The van der Waals surface area contributed by atoms with Gasteiger partial charge < -0.3 is 15.1 Å². The molecule has 27 heavy (non-hydrogen) atoms. The monoisotopic (exact) mass is 386 g/mol. The van der Waals surface area contributed by atoms with Crippen molar-refractivity contribution >= 4 is 23.2 Å².